The van der Waals surface area contributed by atoms with Crippen LogP contribution in [0.5, 0.6) is 0 Å². The van der Waals surface area contributed by atoms with Crippen LogP contribution in [0.25, 0.3) is 0 Å². The van der Waals surface area contributed by atoms with Crippen LogP contribution in [0, 0.1) is 5.92 Å². The van der Waals surface area contributed by atoms with Gasteiger partial charge in [0, 0.05) is 30.9 Å². The second-order valence-corrected chi connectivity index (χ2v) is 7.26. The average Bonchev–Trinajstić information content (AvgIpc) is 3.07. The Balaban J connectivity index is 1.84. The molecule has 1 aromatic rings. The third-order valence-corrected chi connectivity index (χ3v) is 4.32. The number of hydrogen-bond donors (Lipinski definition) is 1. The molecule has 0 saturated heterocycles. The molecule has 0 radical (unpaired) electrons. The van der Waals surface area contributed by atoms with Crippen LogP contribution >= 0.6 is 0 Å². The number of rotatable bonds is 5. The molecule has 5 heteroatoms. The number of alkyl carbamates (subject to hydrolysis) is 1. The zero-order chi connectivity index (χ0) is 16.2. The van der Waals surface area contributed by atoms with Crippen molar-refractivity contribution < 1.29 is 9.53 Å². The van der Waals surface area contributed by atoms with Crippen molar-refractivity contribution in [3.63, 3.8) is 0 Å². The fraction of sp³-hybridized carbons (Fsp3) is 0.765. The molecule has 1 N–H and O–H groups in total. The van der Waals surface area contributed by atoms with Crippen LogP contribution < -0.4 is 5.32 Å². The van der Waals surface area contributed by atoms with Gasteiger partial charge >= 0.3 is 6.09 Å². The van der Waals surface area contributed by atoms with E-state index >= 15 is 0 Å². The first-order chi connectivity index (χ1) is 10.4. The Morgan fingerprint density at radius 3 is 2.77 bits per heavy atom. The van der Waals surface area contributed by atoms with E-state index in [4.69, 9.17) is 4.74 Å². The van der Waals surface area contributed by atoms with Crippen LogP contribution in [-0.4, -0.2) is 27.8 Å². The number of carbonyl (C=O) groups is 1. The lowest BCUT2D eigenvalue weighted by molar-refractivity contribution is 0.0528. The van der Waals surface area contributed by atoms with Crippen LogP contribution in [0.2, 0.25) is 0 Å². The Kier molecular flexibility index (Phi) is 5.48. The van der Waals surface area contributed by atoms with E-state index in [0.29, 0.717) is 12.6 Å². The predicted octanol–water partition coefficient (Wildman–Crippen LogP) is 3.70. The summed E-state index contributed by atoms with van der Waals surface area (Å²) in [7, 11) is 0. The van der Waals surface area contributed by atoms with Crippen LogP contribution in [0.1, 0.15) is 65.1 Å². The number of imidazole rings is 1. The van der Waals surface area contributed by atoms with E-state index in [1.165, 1.54) is 31.4 Å². The molecule has 124 valence electrons. The Hall–Kier alpha value is -1.52. The fourth-order valence-corrected chi connectivity index (χ4v) is 3.17. The maximum absolute atomic E-state index is 11.7. The third-order valence-electron chi connectivity index (χ3n) is 4.32. The number of aromatic nitrogens is 2. The van der Waals surface area contributed by atoms with Gasteiger partial charge in [-0.1, -0.05) is 12.8 Å². The van der Waals surface area contributed by atoms with Gasteiger partial charge in [0.2, 0.25) is 0 Å². The number of hydrogen-bond acceptors (Lipinski definition) is 3. The monoisotopic (exact) mass is 307 g/mol. The summed E-state index contributed by atoms with van der Waals surface area (Å²) in [6.45, 7) is 8.45. The van der Waals surface area contributed by atoms with E-state index in [2.05, 4.69) is 21.8 Å². The highest BCUT2D eigenvalue weighted by Gasteiger charge is 2.24. The summed E-state index contributed by atoms with van der Waals surface area (Å²) >= 11 is 0. The number of amides is 1. The van der Waals surface area contributed by atoms with Crippen molar-refractivity contribution >= 4 is 6.09 Å². The Morgan fingerprint density at radius 1 is 1.45 bits per heavy atom. The number of nitrogens with one attached hydrogen (secondary N) is 1. The molecule has 0 aromatic carbocycles. The van der Waals surface area contributed by atoms with Gasteiger partial charge in [0.15, 0.2) is 0 Å². The highest BCUT2D eigenvalue weighted by molar-refractivity contribution is 5.67. The summed E-state index contributed by atoms with van der Waals surface area (Å²) in [5.74, 6) is 0.756. The van der Waals surface area contributed by atoms with Crippen LogP contribution in [0.15, 0.2) is 12.5 Å². The van der Waals surface area contributed by atoms with E-state index in [0.717, 1.165) is 12.3 Å². The van der Waals surface area contributed by atoms with Crippen LogP contribution in [0.4, 0.5) is 4.79 Å². The Morgan fingerprint density at radius 2 is 2.14 bits per heavy atom. The first-order valence-corrected chi connectivity index (χ1v) is 8.34. The molecule has 0 spiro atoms. The smallest absolute Gasteiger partial charge is 0.407 e. The van der Waals surface area contributed by atoms with E-state index in [1.807, 2.05) is 33.3 Å². The van der Waals surface area contributed by atoms with Crippen molar-refractivity contribution in [2.45, 2.75) is 71.4 Å². The minimum absolute atomic E-state index is 0.359. The molecule has 5 nitrogen and oxygen atoms in total. The summed E-state index contributed by atoms with van der Waals surface area (Å²) < 4.78 is 7.51. The summed E-state index contributed by atoms with van der Waals surface area (Å²) in [4.78, 5) is 16.0. The van der Waals surface area contributed by atoms with Gasteiger partial charge < -0.3 is 14.6 Å². The second-order valence-electron chi connectivity index (χ2n) is 7.26. The zero-order valence-electron chi connectivity index (χ0n) is 14.3. The van der Waals surface area contributed by atoms with Gasteiger partial charge in [-0.2, -0.15) is 0 Å². The van der Waals surface area contributed by atoms with E-state index < -0.39 is 5.60 Å². The lowest BCUT2D eigenvalue weighted by Crippen LogP contribution is -2.33. The Labute approximate surface area is 133 Å². The van der Waals surface area contributed by atoms with Crippen LogP contribution in [0.3, 0.4) is 0 Å². The number of ether oxygens (including phenoxy) is 1. The molecule has 0 aliphatic heterocycles. The molecular formula is C17H29N3O2. The van der Waals surface area contributed by atoms with Gasteiger partial charge in [-0.15, -0.1) is 0 Å². The summed E-state index contributed by atoms with van der Waals surface area (Å²) in [5.41, 5.74) is 0.721. The Bertz CT molecular complexity index is 484. The lowest BCUT2D eigenvalue weighted by Gasteiger charge is -2.23. The highest BCUT2D eigenvalue weighted by Crippen LogP contribution is 2.34. The second kappa shape index (κ2) is 7.16. The molecular weight excluding hydrogens is 278 g/mol. The molecule has 0 bridgehead atoms. The normalized spacial score (nSPS) is 17.5. The maximum atomic E-state index is 11.7. The molecule has 1 amide bonds. The molecule has 2 rings (SSSR count). The quantitative estimate of drug-likeness (QED) is 0.902. The highest BCUT2D eigenvalue weighted by atomic mass is 16.6. The summed E-state index contributed by atoms with van der Waals surface area (Å²) in [6.07, 6.45) is 9.56. The molecule has 1 aliphatic carbocycles. The molecule has 1 saturated carbocycles. The average molecular weight is 307 g/mol. The van der Waals surface area contributed by atoms with E-state index in [1.54, 1.807) is 0 Å². The fourth-order valence-electron chi connectivity index (χ4n) is 3.17. The van der Waals surface area contributed by atoms with Gasteiger partial charge in [0.05, 0.1) is 6.33 Å². The van der Waals surface area contributed by atoms with Crippen molar-refractivity contribution in [1.29, 1.82) is 0 Å². The first-order valence-electron chi connectivity index (χ1n) is 8.34. The minimum atomic E-state index is -0.456. The molecule has 1 fully saturated rings. The molecule has 1 aliphatic rings. The largest absolute Gasteiger partial charge is 0.444 e. The number of nitrogens with zero attached hydrogens (tertiary/aromatic N) is 2. The molecule has 1 atom stereocenters. The third kappa shape index (κ3) is 4.75. The number of carbonyl (C=O) groups excluding carboxylic acids is 1. The van der Waals surface area contributed by atoms with Crippen molar-refractivity contribution in [2.24, 2.45) is 5.92 Å². The van der Waals surface area contributed by atoms with Gasteiger partial charge in [-0.25, -0.2) is 9.78 Å². The SMILES string of the molecule is CC(C1CCCC1)n1cncc1CCNC(=O)OC(C)(C)C. The standard InChI is InChI=1S/C17H29N3O2/c1-13(14-7-5-6-8-14)20-12-18-11-15(20)9-10-19-16(21)22-17(2,3)4/h11-14H,5-10H2,1-4H3,(H,19,21). The van der Waals surface area contributed by atoms with Crippen molar-refractivity contribution in [2.75, 3.05) is 6.54 Å². The van der Waals surface area contributed by atoms with Crippen molar-refractivity contribution in [3.8, 4) is 0 Å². The summed E-state index contributed by atoms with van der Waals surface area (Å²) in [6, 6.07) is 0.488. The van der Waals surface area contributed by atoms with Gasteiger partial charge in [0.25, 0.3) is 0 Å². The van der Waals surface area contributed by atoms with Crippen LogP contribution in [-0.2, 0) is 11.2 Å². The summed E-state index contributed by atoms with van der Waals surface area (Å²) in [5, 5.41) is 2.81. The van der Waals surface area contributed by atoms with Crippen molar-refractivity contribution in [3.05, 3.63) is 18.2 Å². The van der Waals surface area contributed by atoms with Gasteiger partial charge in [0.1, 0.15) is 5.60 Å². The minimum Gasteiger partial charge on any atom is -0.444 e. The lowest BCUT2D eigenvalue weighted by atomic mass is 9.99. The zero-order valence-corrected chi connectivity index (χ0v) is 14.3. The van der Waals surface area contributed by atoms with Gasteiger partial charge in [-0.05, 0) is 46.5 Å². The van der Waals surface area contributed by atoms with Crippen molar-refractivity contribution in [1.82, 2.24) is 14.9 Å². The first kappa shape index (κ1) is 16.8. The molecule has 1 heterocycles. The van der Waals surface area contributed by atoms with Gasteiger partial charge in [-0.3, -0.25) is 0 Å². The molecule has 1 aromatic heterocycles. The van der Waals surface area contributed by atoms with E-state index in [9.17, 15) is 4.79 Å². The topological polar surface area (TPSA) is 56.2 Å². The molecule has 22 heavy (non-hydrogen) atoms. The van der Waals surface area contributed by atoms with E-state index in [-0.39, 0.29) is 6.09 Å². The maximum Gasteiger partial charge on any atom is 0.407 e. The molecule has 1 unspecified atom stereocenters. The predicted molar refractivity (Wildman–Crippen MR) is 86.8 cm³/mol.